The van der Waals surface area contributed by atoms with Crippen molar-refractivity contribution in [3.05, 3.63) is 16.5 Å². The van der Waals surface area contributed by atoms with Crippen molar-refractivity contribution < 1.29 is 9.47 Å². The zero-order valence-corrected chi connectivity index (χ0v) is 15.8. The van der Waals surface area contributed by atoms with Crippen molar-refractivity contribution in [2.24, 2.45) is 0 Å². The van der Waals surface area contributed by atoms with Crippen molar-refractivity contribution >= 4 is 35.0 Å². The Labute approximate surface area is 134 Å². The van der Waals surface area contributed by atoms with Gasteiger partial charge in [0.15, 0.2) is 5.65 Å². The molecule has 0 aliphatic heterocycles. The lowest BCUT2D eigenvalue weighted by molar-refractivity contribution is 0.0898. The largest absolute Gasteiger partial charge is 0.480 e. The molecule has 21 heavy (non-hydrogen) atoms. The molecule has 0 radical (unpaired) electrons. The summed E-state index contributed by atoms with van der Waals surface area (Å²) in [6, 6.07) is 1.16. The van der Waals surface area contributed by atoms with Gasteiger partial charge in [-0.05, 0) is 28.9 Å². The molecular formula is C14H22BrN3O2Si. The maximum Gasteiger partial charge on any atom is 0.227 e. The van der Waals surface area contributed by atoms with Crippen LogP contribution in [0.15, 0.2) is 10.7 Å². The molecule has 0 unspecified atom stereocenters. The molecular weight excluding hydrogens is 350 g/mol. The highest BCUT2D eigenvalue weighted by atomic mass is 79.9. The highest BCUT2D eigenvalue weighted by Gasteiger charge is 2.16. The van der Waals surface area contributed by atoms with Crippen molar-refractivity contribution in [3.63, 3.8) is 0 Å². The summed E-state index contributed by atoms with van der Waals surface area (Å²) in [5.74, 6) is 1.28. The predicted octanol–water partition coefficient (Wildman–Crippen LogP) is 3.82. The minimum atomic E-state index is -1.06. The van der Waals surface area contributed by atoms with E-state index in [1.807, 2.05) is 17.7 Å². The summed E-state index contributed by atoms with van der Waals surface area (Å²) < 4.78 is 14.1. The lowest BCUT2D eigenvalue weighted by Crippen LogP contribution is -2.22. The number of rotatable bonds is 6. The lowest BCUT2D eigenvalue weighted by atomic mass is 10.4. The summed E-state index contributed by atoms with van der Waals surface area (Å²) in [5, 5.41) is 0.886. The predicted molar refractivity (Wildman–Crippen MR) is 90.6 cm³/mol. The summed E-state index contributed by atoms with van der Waals surface area (Å²) in [5.41, 5.74) is 0.833. The average molecular weight is 372 g/mol. The minimum absolute atomic E-state index is 0.492. The standard InChI is InChI=1S/C14H22BrN3O2Si/c1-10-16-13-12(14(17-10)19-2)11(15)8-18(13)9-20-6-7-21(3,4)5/h8H,6-7,9H2,1-5H3. The van der Waals surface area contributed by atoms with Crippen molar-refractivity contribution in [2.45, 2.75) is 39.3 Å². The van der Waals surface area contributed by atoms with E-state index in [2.05, 4.69) is 45.5 Å². The normalized spacial score (nSPS) is 12.1. The Balaban J connectivity index is 2.19. The van der Waals surface area contributed by atoms with Gasteiger partial charge in [0.25, 0.3) is 0 Å². The van der Waals surface area contributed by atoms with Gasteiger partial charge in [0, 0.05) is 20.9 Å². The van der Waals surface area contributed by atoms with E-state index in [-0.39, 0.29) is 0 Å². The number of methoxy groups -OCH3 is 1. The molecule has 0 saturated heterocycles. The first kappa shape index (κ1) is 16.4. The van der Waals surface area contributed by atoms with E-state index in [0.717, 1.165) is 28.2 Å². The number of ether oxygens (including phenoxy) is 2. The van der Waals surface area contributed by atoms with E-state index < -0.39 is 8.07 Å². The van der Waals surface area contributed by atoms with Crippen LogP contribution in [-0.2, 0) is 11.5 Å². The van der Waals surface area contributed by atoms with E-state index in [9.17, 15) is 0 Å². The van der Waals surface area contributed by atoms with Gasteiger partial charge in [-0.25, -0.2) is 4.98 Å². The lowest BCUT2D eigenvalue weighted by Gasteiger charge is -2.15. The Bertz CT molecular complexity index is 637. The number of hydrogen-bond acceptors (Lipinski definition) is 4. The molecule has 0 atom stereocenters. The molecule has 2 heterocycles. The molecule has 2 aromatic rings. The van der Waals surface area contributed by atoms with Gasteiger partial charge in [-0.2, -0.15) is 4.98 Å². The summed E-state index contributed by atoms with van der Waals surface area (Å²) in [6.45, 7) is 10.2. The summed E-state index contributed by atoms with van der Waals surface area (Å²) in [6.07, 6.45) is 1.97. The third-order valence-electron chi connectivity index (χ3n) is 3.17. The van der Waals surface area contributed by atoms with Gasteiger partial charge in [-0.3, -0.25) is 0 Å². The zero-order valence-electron chi connectivity index (χ0n) is 13.2. The van der Waals surface area contributed by atoms with Crippen molar-refractivity contribution in [1.29, 1.82) is 0 Å². The summed E-state index contributed by atoms with van der Waals surface area (Å²) >= 11 is 3.55. The molecule has 7 heteroatoms. The first-order valence-electron chi connectivity index (χ1n) is 6.96. The molecule has 2 aromatic heterocycles. The number of aryl methyl sites for hydroxylation is 1. The minimum Gasteiger partial charge on any atom is -0.480 e. The maximum atomic E-state index is 5.81. The SMILES string of the molecule is COc1nc(C)nc2c1c(Br)cn2COCC[Si](C)(C)C. The van der Waals surface area contributed by atoms with Crippen LogP contribution in [0.25, 0.3) is 11.0 Å². The van der Waals surface area contributed by atoms with Crippen LogP contribution in [0.3, 0.4) is 0 Å². The van der Waals surface area contributed by atoms with Crippen molar-refractivity contribution in [3.8, 4) is 5.88 Å². The molecule has 116 valence electrons. The molecule has 0 N–H and O–H groups in total. The fourth-order valence-corrected chi connectivity index (χ4v) is 3.35. The Kier molecular flexibility index (Phi) is 5.06. The molecule has 0 aromatic carbocycles. The van der Waals surface area contributed by atoms with Crippen LogP contribution < -0.4 is 4.74 Å². The van der Waals surface area contributed by atoms with E-state index in [4.69, 9.17) is 9.47 Å². The van der Waals surface area contributed by atoms with Gasteiger partial charge < -0.3 is 14.0 Å². The zero-order chi connectivity index (χ0) is 15.6. The van der Waals surface area contributed by atoms with Gasteiger partial charge in [0.2, 0.25) is 5.88 Å². The third kappa shape index (κ3) is 4.05. The Morgan fingerprint density at radius 1 is 1.29 bits per heavy atom. The first-order valence-corrected chi connectivity index (χ1v) is 11.5. The Hall–Kier alpha value is -0.923. The van der Waals surface area contributed by atoms with Gasteiger partial charge in [-0.1, -0.05) is 19.6 Å². The molecule has 0 spiro atoms. The monoisotopic (exact) mass is 371 g/mol. The topological polar surface area (TPSA) is 49.2 Å². The Morgan fingerprint density at radius 2 is 2.00 bits per heavy atom. The van der Waals surface area contributed by atoms with Gasteiger partial charge in [-0.15, -0.1) is 0 Å². The third-order valence-corrected chi connectivity index (χ3v) is 5.47. The fourth-order valence-electron chi connectivity index (χ4n) is 2.00. The second-order valence-corrected chi connectivity index (χ2v) is 12.7. The van der Waals surface area contributed by atoms with E-state index in [0.29, 0.717) is 18.4 Å². The van der Waals surface area contributed by atoms with Crippen LogP contribution in [0.4, 0.5) is 0 Å². The quantitative estimate of drug-likeness (QED) is 0.571. The molecule has 5 nitrogen and oxygen atoms in total. The number of halogens is 1. The van der Waals surface area contributed by atoms with Crippen LogP contribution in [0.1, 0.15) is 5.82 Å². The maximum absolute atomic E-state index is 5.81. The number of hydrogen-bond donors (Lipinski definition) is 0. The van der Waals surface area contributed by atoms with Crippen molar-refractivity contribution in [2.75, 3.05) is 13.7 Å². The van der Waals surface area contributed by atoms with Gasteiger partial charge >= 0.3 is 0 Å². The van der Waals surface area contributed by atoms with Crippen LogP contribution in [0.2, 0.25) is 25.7 Å². The number of nitrogens with zero attached hydrogens (tertiary/aromatic N) is 3. The highest BCUT2D eigenvalue weighted by Crippen LogP contribution is 2.31. The van der Waals surface area contributed by atoms with Gasteiger partial charge in [0.05, 0.1) is 17.0 Å². The second kappa shape index (κ2) is 6.45. The van der Waals surface area contributed by atoms with Crippen LogP contribution in [0, 0.1) is 6.92 Å². The molecule has 0 saturated carbocycles. The fraction of sp³-hybridized carbons (Fsp3) is 0.571. The van der Waals surface area contributed by atoms with E-state index in [1.165, 1.54) is 0 Å². The van der Waals surface area contributed by atoms with Crippen molar-refractivity contribution in [1.82, 2.24) is 14.5 Å². The number of fused-ring (bicyclic) bond motifs is 1. The summed E-state index contributed by atoms with van der Waals surface area (Å²) in [7, 11) is 0.564. The highest BCUT2D eigenvalue weighted by molar-refractivity contribution is 9.10. The molecule has 0 aliphatic carbocycles. The van der Waals surface area contributed by atoms with Crippen LogP contribution >= 0.6 is 15.9 Å². The molecule has 0 fully saturated rings. The first-order chi connectivity index (χ1) is 9.81. The smallest absolute Gasteiger partial charge is 0.227 e. The van der Waals surface area contributed by atoms with E-state index >= 15 is 0 Å². The summed E-state index contributed by atoms with van der Waals surface area (Å²) in [4.78, 5) is 8.81. The average Bonchev–Trinajstić information content (AvgIpc) is 2.69. The van der Waals surface area contributed by atoms with Crippen LogP contribution in [-0.4, -0.2) is 36.3 Å². The molecule has 0 bridgehead atoms. The number of aromatic nitrogens is 3. The van der Waals surface area contributed by atoms with Crippen LogP contribution in [0.5, 0.6) is 5.88 Å². The molecule has 0 aliphatic rings. The second-order valence-electron chi connectivity index (χ2n) is 6.27. The van der Waals surface area contributed by atoms with E-state index in [1.54, 1.807) is 7.11 Å². The molecule has 0 amide bonds. The molecule has 2 rings (SSSR count). The van der Waals surface area contributed by atoms with Gasteiger partial charge in [0.1, 0.15) is 12.6 Å². The Morgan fingerprint density at radius 3 is 2.62 bits per heavy atom.